The summed E-state index contributed by atoms with van der Waals surface area (Å²) < 4.78 is 58.7. The van der Waals surface area contributed by atoms with E-state index in [4.69, 9.17) is 4.74 Å². The smallest absolute Gasteiger partial charge is 0.349 e. The van der Waals surface area contributed by atoms with E-state index in [-0.39, 0.29) is 6.07 Å². The molecule has 3 rings (SSSR count). The van der Waals surface area contributed by atoms with Crippen molar-refractivity contribution in [3.8, 4) is 0 Å². The fraction of sp³-hybridized carbons (Fsp3) is 0.333. The quantitative estimate of drug-likeness (QED) is 0.470. The number of hydrogen-bond donors (Lipinski definition) is 1. The van der Waals surface area contributed by atoms with Gasteiger partial charge in [0.1, 0.15) is 10.6 Å². The third kappa shape index (κ3) is 3.97. The minimum Gasteiger partial charge on any atom is -0.448 e. The maximum absolute atomic E-state index is 13.6. The van der Waals surface area contributed by atoms with Gasteiger partial charge in [-0.25, -0.2) is 22.4 Å². The number of benzene rings is 1. The molecule has 4 nitrogen and oxygen atoms in total. The van der Waals surface area contributed by atoms with Crippen molar-refractivity contribution < 1.29 is 31.9 Å². The Bertz CT molecular complexity index is 863. The molecule has 0 saturated carbocycles. The van der Waals surface area contributed by atoms with Crippen LogP contribution in [0.1, 0.15) is 39.9 Å². The fourth-order valence-electron chi connectivity index (χ4n) is 2.77. The van der Waals surface area contributed by atoms with Crippen molar-refractivity contribution >= 4 is 28.9 Å². The van der Waals surface area contributed by atoms with Gasteiger partial charge < -0.3 is 10.1 Å². The van der Waals surface area contributed by atoms with Crippen LogP contribution in [0.2, 0.25) is 0 Å². The first-order chi connectivity index (χ1) is 12.8. The molecule has 0 saturated heterocycles. The lowest BCUT2D eigenvalue weighted by Gasteiger charge is -2.14. The van der Waals surface area contributed by atoms with Crippen molar-refractivity contribution in [2.24, 2.45) is 0 Å². The van der Waals surface area contributed by atoms with Crippen molar-refractivity contribution in [1.29, 1.82) is 0 Å². The van der Waals surface area contributed by atoms with Gasteiger partial charge in [-0.1, -0.05) is 0 Å². The molecule has 1 heterocycles. The highest BCUT2D eigenvalue weighted by Crippen LogP contribution is 2.30. The Hall–Kier alpha value is -2.42. The summed E-state index contributed by atoms with van der Waals surface area (Å²) in [4.78, 5) is 25.7. The number of halogens is 4. The highest BCUT2D eigenvalue weighted by molar-refractivity contribution is 7.14. The molecule has 1 amide bonds. The molecule has 0 fully saturated rings. The minimum absolute atomic E-state index is 0.0301. The molecule has 0 bridgehead atoms. The van der Waals surface area contributed by atoms with Gasteiger partial charge in [0.05, 0.1) is 0 Å². The van der Waals surface area contributed by atoms with Crippen LogP contribution >= 0.6 is 11.3 Å². The maximum Gasteiger partial charge on any atom is 0.349 e. The summed E-state index contributed by atoms with van der Waals surface area (Å²) in [7, 11) is 0. The Morgan fingerprint density at radius 3 is 2.33 bits per heavy atom. The third-order valence-electron chi connectivity index (χ3n) is 4.21. The van der Waals surface area contributed by atoms with Crippen molar-refractivity contribution in [3.63, 3.8) is 0 Å². The summed E-state index contributed by atoms with van der Waals surface area (Å²) in [6.45, 7) is 1.19. The Morgan fingerprint density at radius 1 is 1.07 bits per heavy atom. The second kappa shape index (κ2) is 7.67. The molecular formula is C18H15F4NO3S. The molecule has 1 aliphatic carbocycles. The van der Waals surface area contributed by atoms with Gasteiger partial charge in [-0.05, 0) is 44.2 Å². The van der Waals surface area contributed by atoms with Gasteiger partial charge in [-0.3, -0.25) is 4.79 Å². The van der Waals surface area contributed by atoms with E-state index in [9.17, 15) is 27.2 Å². The van der Waals surface area contributed by atoms with Crippen LogP contribution in [0.15, 0.2) is 12.1 Å². The van der Waals surface area contributed by atoms with E-state index in [1.165, 1.54) is 18.3 Å². The van der Waals surface area contributed by atoms with E-state index in [1.54, 1.807) is 11.4 Å². The van der Waals surface area contributed by atoms with E-state index in [0.717, 1.165) is 36.1 Å². The van der Waals surface area contributed by atoms with Crippen molar-refractivity contribution in [2.75, 3.05) is 5.32 Å². The molecule has 2 aromatic rings. The van der Waals surface area contributed by atoms with Gasteiger partial charge in [0.2, 0.25) is 0 Å². The van der Waals surface area contributed by atoms with E-state index in [0.29, 0.717) is 4.88 Å². The standard InChI is InChI=1S/C18H15F4NO3S/c1-8(17(24)23-16-14(21)10(19)7-11(20)15(16)22)26-18(25)13-6-9-4-2-3-5-12(9)27-13/h6-8H,2-5H2,1H3,(H,23,24). The number of rotatable bonds is 4. The lowest BCUT2D eigenvalue weighted by Crippen LogP contribution is -2.30. The summed E-state index contributed by atoms with van der Waals surface area (Å²) in [5.74, 6) is -8.66. The third-order valence-corrected chi connectivity index (χ3v) is 5.43. The number of ether oxygens (including phenoxy) is 1. The second-order valence-corrected chi connectivity index (χ2v) is 7.28. The number of thiophene rings is 1. The van der Waals surface area contributed by atoms with Gasteiger partial charge in [-0.2, -0.15) is 0 Å². The Morgan fingerprint density at radius 2 is 1.70 bits per heavy atom. The Balaban J connectivity index is 1.69. The van der Waals surface area contributed by atoms with Gasteiger partial charge >= 0.3 is 5.97 Å². The first-order valence-corrected chi connectivity index (χ1v) is 9.06. The molecular weight excluding hydrogens is 386 g/mol. The van der Waals surface area contributed by atoms with Crippen LogP contribution in [0.25, 0.3) is 0 Å². The van der Waals surface area contributed by atoms with Crippen molar-refractivity contribution in [1.82, 2.24) is 0 Å². The number of fused-ring (bicyclic) bond motifs is 1. The van der Waals surface area contributed by atoms with Crippen LogP contribution in [0, 0.1) is 23.3 Å². The van der Waals surface area contributed by atoms with Crippen LogP contribution in [-0.4, -0.2) is 18.0 Å². The van der Waals surface area contributed by atoms with E-state index in [2.05, 4.69) is 0 Å². The van der Waals surface area contributed by atoms with Crippen LogP contribution in [0.4, 0.5) is 23.2 Å². The normalized spacial score (nSPS) is 14.4. The lowest BCUT2D eigenvalue weighted by atomic mass is 9.99. The number of aryl methyl sites for hydroxylation is 2. The van der Waals surface area contributed by atoms with Gasteiger partial charge in [-0.15, -0.1) is 11.3 Å². The SMILES string of the molecule is CC(OC(=O)c1cc2c(s1)CCCC2)C(=O)Nc1c(F)c(F)cc(F)c1F. The molecule has 1 aliphatic rings. The predicted octanol–water partition coefficient (Wildman–Crippen LogP) is 4.37. The summed E-state index contributed by atoms with van der Waals surface area (Å²) >= 11 is 1.28. The Kier molecular flexibility index (Phi) is 5.50. The fourth-order valence-corrected chi connectivity index (χ4v) is 3.91. The zero-order valence-corrected chi connectivity index (χ0v) is 15.0. The molecule has 1 unspecified atom stereocenters. The lowest BCUT2D eigenvalue weighted by molar-refractivity contribution is -0.123. The minimum atomic E-state index is -1.74. The molecule has 9 heteroatoms. The number of carbonyl (C=O) groups excluding carboxylic acids is 2. The number of carbonyl (C=O) groups is 2. The number of esters is 1. The van der Waals surface area contributed by atoms with Gasteiger partial charge in [0.25, 0.3) is 5.91 Å². The topological polar surface area (TPSA) is 55.4 Å². The zero-order chi connectivity index (χ0) is 19.7. The van der Waals surface area contributed by atoms with Crippen LogP contribution in [-0.2, 0) is 22.4 Å². The van der Waals surface area contributed by atoms with Gasteiger partial charge in [0.15, 0.2) is 29.4 Å². The highest BCUT2D eigenvalue weighted by Gasteiger charge is 2.26. The number of nitrogens with one attached hydrogen (secondary N) is 1. The largest absolute Gasteiger partial charge is 0.448 e. The number of amides is 1. The van der Waals surface area contributed by atoms with E-state index >= 15 is 0 Å². The molecule has 27 heavy (non-hydrogen) atoms. The molecule has 0 aliphatic heterocycles. The summed E-state index contributed by atoms with van der Waals surface area (Å²) in [5, 5.41) is 1.72. The number of anilines is 1. The molecule has 144 valence electrons. The van der Waals surface area contributed by atoms with Crippen molar-refractivity contribution in [3.05, 3.63) is 50.7 Å². The monoisotopic (exact) mass is 401 g/mol. The molecule has 1 aromatic carbocycles. The first-order valence-electron chi connectivity index (χ1n) is 8.24. The average Bonchev–Trinajstić information content (AvgIpc) is 3.07. The van der Waals surface area contributed by atoms with Gasteiger partial charge in [0, 0.05) is 10.9 Å². The molecule has 1 N–H and O–H groups in total. The number of hydrogen-bond acceptors (Lipinski definition) is 4. The highest BCUT2D eigenvalue weighted by atomic mass is 32.1. The maximum atomic E-state index is 13.6. The Labute approximate surface area is 156 Å². The second-order valence-electron chi connectivity index (χ2n) is 6.15. The predicted molar refractivity (Wildman–Crippen MR) is 90.7 cm³/mol. The zero-order valence-electron chi connectivity index (χ0n) is 14.2. The van der Waals surface area contributed by atoms with Crippen LogP contribution in [0.3, 0.4) is 0 Å². The van der Waals surface area contributed by atoms with E-state index in [1.807, 2.05) is 0 Å². The average molecular weight is 401 g/mol. The van der Waals surface area contributed by atoms with Crippen molar-refractivity contribution in [2.45, 2.75) is 38.7 Å². The summed E-state index contributed by atoms with van der Waals surface area (Å²) in [5.41, 5.74) is -0.193. The van der Waals surface area contributed by atoms with Crippen LogP contribution < -0.4 is 5.32 Å². The molecule has 1 atom stereocenters. The summed E-state index contributed by atoms with van der Waals surface area (Å²) in [6, 6.07) is 1.75. The first kappa shape index (κ1) is 19.3. The van der Waals surface area contributed by atoms with Crippen LogP contribution in [0.5, 0.6) is 0 Å². The van der Waals surface area contributed by atoms with E-state index < -0.39 is 46.9 Å². The molecule has 1 aromatic heterocycles. The molecule has 0 spiro atoms. The summed E-state index contributed by atoms with van der Waals surface area (Å²) in [6.07, 6.45) is 2.41. The molecule has 0 radical (unpaired) electrons.